The van der Waals surface area contributed by atoms with Crippen LogP contribution in [0.15, 0.2) is 12.2 Å². The van der Waals surface area contributed by atoms with E-state index in [1.165, 1.54) is 0 Å². The Morgan fingerprint density at radius 3 is 2.47 bits per heavy atom. The molecular formula is C14H24O3. The van der Waals surface area contributed by atoms with Gasteiger partial charge >= 0.3 is 5.97 Å². The van der Waals surface area contributed by atoms with Gasteiger partial charge in [-0.1, -0.05) is 12.2 Å². The van der Waals surface area contributed by atoms with Gasteiger partial charge in [0.1, 0.15) is 5.60 Å². The number of carbonyl (C=O) groups is 1. The molecule has 0 fully saturated rings. The average molecular weight is 240 g/mol. The highest BCUT2D eigenvalue weighted by molar-refractivity contribution is 5.71. The van der Waals surface area contributed by atoms with Gasteiger partial charge in [-0.3, -0.25) is 4.79 Å². The quantitative estimate of drug-likeness (QED) is 0.609. The smallest absolute Gasteiger partial charge is 0.309 e. The standard InChI is InChI=1S/C14H24O3/c1-13(2,3)17-12(15)10-14(4,16)11-8-6-5-7-9-11/h5-6,11,16H,7-10H2,1-4H3. The maximum absolute atomic E-state index is 11.7. The Balaban J connectivity index is 2.53. The van der Waals surface area contributed by atoms with Crippen molar-refractivity contribution in [3.63, 3.8) is 0 Å². The van der Waals surface area contributed by atoms with Crippen molar-refractivity contribution in [2.24, 2.45) is 5.92 Å². The molecule has 0 heterocycles. The van der Waals surface area contributed by atoms with Gasteiger partial charge < -0.3 is 9.84 Å². The fourth-order valence-corrected chi connectivity index (χ4v) is 2.17. The minimum Gasteiger partial charge on any atom is -0.460 e. The van der Waals surface area contributed by atoms with Gasteiger partial charge in [-0.25, -0.2) is 0 Å². The van der Waals surface area contributed by atoms with E-state index in [0.717, 1.165) is 19.3 Å². The first-order valence-corrected chi connectivity index (χ1v) is 6.30. The fourth-order valence-electron chi connectivity index (χ4n) is 2.17. The van der Waals surface area contributed by atoms with E-state index in [-0.39, 0.29) is 18.3 Å². The molecule has 0 aromatic heterocycles. The monoisotopic (exact) mass is 240 g/mol. The molecule has 98 valence electrons. The summed E-state index contributed by atoms with van der Waals surface area (Å²) < 4.78 is 5.25. The zero-order valence-electron chi connectivity index (χ0n) is 11.3. The normalized spacial score (nSPS) is 24.2. The third-order valence-electron chi connectivity index (χ3n) is 3.07. The van der Waals surface area contributed by atoms with Crippen LogP contribution >= 0.6 is 0 Å². The molecule has 0 aromatic carbocycles. The van der Waals surface area contributed by atoms with Crippen molar-refractivity contribution in [3.05, 3.63) is 12.2 Å². The highest BCUT2D eigenvalue weighted by Gasteiger charge is 2.35. The molecular weight excluding hydrogens is 216 g/mol. The molecule has 1 rings (SSSR count). The van der Waals surface area contributed by atoms with E-state index < -0.39 is 11.2 Å². The predicted molar refractivity (Wildman–Crippen MR) is 67.6 cm³/mol. The van der Waals surface area contributed by atoms with Gasteiger partial charge in [0.05, 0.1) is 12.0 Å². The molecule has 3 nitrogen and oxygen atoms in total. The molecule has 0 spiro atoms. The first kappa shape index (κ1) is 14.2. The number of ether oxygens (including phenoxy) is 1. The van der Waals surface area contributed by atoms with E-state index in [2.05, 4.69) is 12.2 Å². The first-order chi connectivity index (χ1) is 7.71. The van der Waals surface area contributed by atoms with E-state index in [9.17, 15) is 9.90 Å². The third kappa shape index (κ3) is 4.90. The molecule has 3 heteroatoms. The number of rotatable bonds is 3. The van der Waals surface area contributed by atoms with Gasteiger partial charge in [0.15, 0.2) is 0 Å². The summed E-state index contributed by atoms with van der Waals surface area (Å²) in [6, 6.07) is 0. The lowest BCUT2D eigenvalue weighted by Gasteiger charge is -2.34. The van der Waals surface area contributed by atoms with Crippen LogP contribution < -0.4 is 0 Å². The van der Waals surface area contributed by atoms with Crippen LogP contribution in [0.5, 0.6) is 0 Å². The van der Waals surface area contributed by atoms with Gasteiger partial charge in [-0.2, -0.15) is 0 Å². The van der Waals surface area contributed by atoms with Crippen LogP contribution in [0.4, 0.5) is 0 Å². The summed E-state index contributed by atoms with van der Waals surface area (Å²) in [6.45, 7) is 7.25. The van der Waals surface area contributed by atoms with Crippen molar-refractivity contribution >= 4 is 5.97 Å². The minimum absolute atomic E-state index is 0.0722. The SMILES string of the molecule is CC(C)(C)OC(=O)CC(C)(O)C1CC=CCC1. The number of esters is 1. The van der Waals surface area contributed by atoms with E-state index in [1.807, 2.05) is 20.8 Å². The van der Waals surface area contributed by atoms with Gasteiger partial charge in [0.25, 0.3) is 0 Å². The molecule has 0 radical (unpaired) electrons. The zero-order chi connectivity index (χ0) is 13.1. The lowest BCUT2D eigenvalue weighted by Crippen LogP contribution is -2.39. The second kappa shape index (κ2) is 5.21. The second-order valence-electron chi connectivity index (χ2n) is 6.10. The highest BCUT2D eigenvalue weighted by atomic mass is 16.6. The Labute approximate surface area is 104 Å². The molecule has 0 aliphatic heterocycles. The summed E-state index contributed by atoms with van der Waals surface area (Å²) in [6.07, 6.45) is 7.04. The number of aliphatic hydroxyl groups is 1. The molecule has 1 aliphatic carbocycles. The van der Waals surface area contributed by atoms with Gasteiger partial charge in [-0.05, 0) is 52.9 Å². The maximum atomic E-state index is 11.7. The zero-order valence-corrected chi connectivity index (χ0v) is 11.3. The number of hydrogen-bond acceptors (Lipinski definition) is 3. The Morgan fingerprint density at radius 1 is 1.35 bits per heavy atom. The fraction of sp³-hybridized carbons (Fsp3) is 0.786. The summed E-state index contributed by atoms with van der Waals surface area (Å²) in [5.41, 5.74) is -1.45. The Bertz CT molecular complexity index is 297. The summed E-state index contributed by atoms with van der Waals surface area (Å²) in [5.74, 6) is -0.169. The highest BCUT2D eigenvalue weighted by Crippen LogP contribution is 2.32. The van der Waals surface area contributed by atoms with Crippen molar-refractivity contribution in [2.75, 3.05) is 0 Å². The molecule has 2 unspecified atom stereocenters. The molecule has 2 atom stereocenters. The van der Waals surface area contributed by atoms with Crippen molar-refractivity contribution in [1.29, 1.82) is 0 Å². The van der Waals surface area contributed by atoms with Gasteiger partial charge in [0.2, 0.25) is 0 Å². The maximum Gasteiger partial charge on any atom is 0.309 e. The van der Waals surface area contributed by atoms with Crippen molar-refractivity contribution in [3.8, 4) is 0 Å². The molecule has 0 saturated carbocycles. The molecule has 17 heavy (non-hydrogen) atoms. The van der Waals surface area contributed by atoms with Crippen LogP contribution in [0.3, 0.4) is 0 Å². The van der Waals surface area contributed by atoms with E-state index in [0.29, 0.717) is 0 Å². The molecule has 0 aromatic rings. The summed E-state index contributed by atoms with van der Waals surface area (Å²) in [4.78, 5) is 11.7. The number of hydrogen-bond donors (Lipinski definition) is 1. The summed E-state index contributed by atoms with van der Waals surface area (Å²) in [5, 5.41) is 10.4. The largest absolute Gasteiger partial charge is 0.460 e. The van der Waals surface area contributed by atoms with Crippen LogP contribution in [0, 0.1) is 5.92 Å². The van der Waals surface area contributed by atoms with Crippen LogP contribution in [0.1, 0.15) is 53.4 Å². The summed E-state index contributed by atoms with van der Waals surface area (Å²) >= 11 is 0. The Kier molecular flexibility index (Phi) is 4.36. The molecule has 0 amide bonds. The topological polar surface area (TPSA) is 46.5 Å². The molecule has 0 bridgehead atoms. The number of allylic oxidation sites excluding steroid dienone is 2. The molecule has 0 saturated heterocycles. The number of carbonyl (C=O) groups excluding carboxylic acids is 1. The lowest BCUT2D eigenvalue weighted by molar-refractivity contribution is -0.161. The van der Waals surface area contributed by atoms with Gasteiger partial charge in [-0.15, -0.1) is 0 Å². The lowest BCUT2D eigenvalue weighted by atomic mass is 9.79. The third-order valence-corrected chi connectivity index (χ3v) is 3.07. The molecule has 1 N–H and O–H groups in total. The van der Waals surface area contributed by atoms with Crippen molar-refractivity contribution < 1.29 is 14.6 Å². The van der Waals surface area contributed by atoms with E-state index in [1.54, 1.807) is 6.92 Å². The van der Waals surface area contributed by atoms with Crippen LogP contribution in [0.25, 0.3) is 0 Å². The van der Waals surface area contributed by atoms with Gasteiger partial charge in [0, 0.05) is 0 Å². The van der Waals surface area contributed by atoms with Crippen molar-refractivity contribution in [1.82, 2.24) is 0 Å². The average Bonchev–Trinajstić information content (AvgIpc) is 2.15. The van der Waals surface area contributed by atoms with Crippen LogP contribution in [-0.2, 0) is 9.53 Å². The predicted octanol–water partition coefficient (Wildman–Crippen LogP) is 2.83. The Morgan fingerprint density at radius 2 is 2.00 bits per heavy atom. The van der Waals surface area contributed by atoms with Crippen molar-refractivity contribution in [2.45, 2.75) is 64.6 Å². The second-order valence-corrected chi connectivity index (χ2v) is 6.10. The molecule has 1 aliphatic rings. The van der Waals surface area contributed by atoms with E-state index >= 15 is 0 Å². The van der Waals surface area contributed by atoms with E-state index in [4.69, 9.17) is 4.74 Å². The van der Waals surface area contributed by atoms with Crippen LogP contribution in [-0.4, -0.2) is 22.3 Å². The van der Waals surface area contributed by atoms with Crippen LogP contribution in [0.2, 0.25) is 0 Å². The minimum atomic E-state index is -0.965. The Hall–Kier alpha value is -0.830. The summed E-state index contributed by atoms with van der Waals surface area (Å²) in [7, 11) is 0. The first-order valence-electron chi connectivity index (χ1n) is 6.30.